The van der Waals surface area contributed by atoms with Crippen LogP contribution in [0.5, 0.6) is 5.75 Å². The zero-order valence-corrected chi connectivity index (χ0v) is 21.5. The molecule has 0 saturated carbocycles. The van der Waals surface area contributed by atoms with E-state index in [0.717, 1.165) is 16.9 Å². The van der Waals surface area contributed by atoms with Crippen molar-refractivity contribution in [2.75, 3.05) is 7.05 Å². The summed E-state index contributed by atoms with van der Waals surface area (Å²) >= 11 is 1.24. The van der Waals surface area contributed by atoms with Crippen molar-refractivity contribution in [1.82, 2.24) is 4.90 Å². The molecule has 0 spiro atoms. The van der Waals surface area contributed by atoms with Crippen LogP contribution in [0.2, 0.25) is 0 Å². The maximum Gasteiger partial charge on any atom is 0.377 e. The minimum absolute atomic E-state index is 0.0667. The quantitative estimate of drug-likeness (QED) is 0.229. The van der Waals surface area contributed by atoms with E-state index in [4.69, 9.17) is 9.84 Å². The topological polar surface area (TPSA) is 96.3 Å². The SMILES string of the molecule is CC(C)c1ccc(COc2ccc(/C=C3\S/C(=N\c4ccc(C(=O)C(=O)O)cc4)N(C)C3=O)cc2)cc1. The lowest BCUT2D eigenvalue weighted by Crippen LogP contribution is -2.23. The van der Waals surface area contributed by atoms with Gasteiger partial charge < -0.3 is 9.84 Å². The van der Waals surface area contributed by atoms with Gasteiger partial charge in [-0.2, -0.15) is 0 Å². The number of carboxylic acid groups (broad SMARTS) is 1. The van der Waals surface area contributed by atoms with Gasteiger partial charge in [-0.25, -0.2) is 9.79 Å². The first-order valence-electron chi connectivity index (χ1n) is 11.7. The molecule has 3 aromatic rings. The summed E-state index contributed by atoms with van der Waals surface area (Å²) in [4.78, 5) is 41.6. The highest BCUT2D eigenvalue weighted by molar-refractivity contribution is 8.18. The predicted molar refractivity (Wildman–Crippen MR) is 145 cm³/mol. The number of thioether (sulfide) groups is 1. The summed E-state index contributed by atoms with van der Waals surface area (Å²) in [5, 5.41) is 9.31. The van der Waals surface area contributed by atoms with Crippen molar-refractivity contribution in [3.8, 4) is 5.75 Å². The Morgan fingerprint density at radius 3 is 2.24 bits per heavy atom. The lowest BCUT2D eigenvalue weighted by molar-refractivity contribution is -0.131. The third-order valence-electron chi connectivity index (χ3n) is 5.78. The first-order chi connectivity index (χ1) is 17.7. The third kappa shape index (κ3) is 6.34. The number of amidine groups is 1. The molecule has 1 fully saturated rings. The van der Waals surface area contributed by atoms with E-state index in [0.29, 0.717) is 28.3 Å². The maximum atomic E-state index is 12.7. The molecular weight excluding hydrogens is 488 g/mol. The van der Waals surface area contributed by atoms with E-state index in [9.17, 15) is 14.4 Å². The van der Waals surface area contributed by atoms with Crippen LogP contribution in [0, 0.1) is 0 Å². The molecule has 0 unspecified atom stereocenters. The number of Topliss-reactive ketones (excluding diaryl/α,β-unsaturated/α-hetero) is 1. The van der Waals surface area contributed by atoms with Crippen molar-refractivity contribution < 1.29 is 24.2 Å². The molecule has 1 aliphatic heterocycles. The number of carbonyl (C=O) groups is 3. The Bertz CT molecular complexity index is 1380. The number of likely N-dealkylation sites (N-methyl/N-ethyl adjacent to an activating group) is 1. The van der Waals surface area contributed by atoms with Gasteiger partial charge in [0.05, 0.1) is 10.6 Å². The number of benzene rings is 3. The van der Waals surface area contributed by atoms with E-state index in [-0.39, 0.29) is 11.5 Å². The van der Waals surface area contributed by atoms with Crippen LogP contribution in [0.15, 0.2) is 82.7 Å². The number of ether oxygens (including phenoxy) is 1. The molecule has 1 N–H and O–H groups in total. The second-order valence-corrected chi connectivity index (χ2v) is 9.81. The average molecular weight is 515 g/mol. The largest absolute Gasteiger partial charge is 0.489 e. The molecule has 0 aliphatic carbocycles. The van der Waals surface area contributed by atoms with Gasteiger partial charge in [0.2, 0.25) is 0 Å². The number of aliphatic carboxylic acids is 1. The molecule has 0 bridgehead atoms. The highest BCUT2D eigenvalue weighted by Gasteiger charge is 2.30. The van der Waals surface area contributed by atoms with Crippen LogP contribution in [0.1, 0.15) is 46.8 Å². The second kappa shape index (κ2) is 11.3. The smallest absolute Gasteiger partial charge is 0.377 e. The molecule has 3 aromatic carbocycles. The number of amides is 1. The molecule has 0 atom stereocenters. The van der Waals surface area contributed by atoms with E-state index < -0.39 is 11.8 Å². The van der Waals surface area contributed by atoms with E-state index in [2.05, 4.69) is 43.1 Å². The molecule has 1 heterocycles. The molecule has 7 nitrogen and oxygen atoms in total. The number of carbonyl (C=O) groups excluding carboxylic acids is 2. The number of hydrogen-bond donors (Lipinski definition) is 1. The van der Waals surface area contributed by atoms with Crippen molar-refractivity contribution in [2.45, 2.75) is 26.4 Å². The maximum absolute atomic E-state index is 12.7. The normalized spacial score (nSPS) is 15.6. The van der Waals surface area contributed by atoms with Crippen molar-refractivity contribution in [3.63, 3.8) is 0 Å². The standard InChI is InChI=1S/C29H26N2O5S/c1-18(2)21-8-4-20(5-9-21)17-36-24-14-6-19(7-15-24)16-25-27(33)31(3)29(37-25)30-23-12-10-22(11-13-23)26(32)28(34)35/h4-16,18H,17H2,1-3H3,(H,34,35)/b25-16-,30-29-. The van der Waals surface area contributed by atoms with Gasteiger partial charge in [-0.1, -0.05) is 50.2 Å². The molecular formula is C29H26N2O5S. The summed E-state index contributed by atoms with van der Waals surface area (Å²) < 4.78 is 5.90. The highest BCUT2D eigenvalue weighted by Crippen LogP contribution is 2.33. The van der Waals surface area contributed by atoms with Crippen LogP contribution in [-0.2, 0) is 16.2 Å². The lowest BCUT2D eigenvalue weighted by atomic mass is 10.0. The number of ketones is 1. The van der Waals surface area contributed by atoms with Gasteiger partial charge in [-0.15, -0.1) is 0 Å². The Balaban J connectivity index is 1.40. The van der Waals surface area contributed by atoms with Crippen molar-refractivity contribution in [3.05, 3.63) is 100.0 Å². The van der Waals surface area contributed by atoms with Crippen LogP contribution in [0.3, 0.4) is 0 Å². The number of nitrogens with zero attached hydrogens (tertiary/aromatic N) is 2. The predicted octanol–water partition coefficient (Wildman–Crippen LogP) is 5.89. The molecule has 1 saturated heterocycles. The summed E-state index contributed by atoms with van der Waals surface area (Å²) in [6.45, 7) is 4.81. The van der Waals surface area contributed by atoms with E-state index in [1.165, 1.54) is 34.4 Å². The van der Waals surface area contributed by atoms with Crippen LogP contribution in [-0.4, -0.2) is 39.9 Å². The monoisotopic (exact) mass is 514 g/mol. The molecule has 1 amide bonds. The zero-order chi connectivity index (χ0) is 26.5. The van der Waals surface area contributed by atoms with Gasteiger partial charge in [0, 0.05) is 12.6 Å². The van der Waals surface area contributed by atoms with Gasteiger partial charge in [-0.3, -0.25) is 14.5 Å². The van der Waals surface area contributed by atoms with Gasteiger partial charge >= 0.3 is 5.97 Å². The Labute approximate surface area is 219 Å². The van der Waals surface area contributed by atoms with Gasteiger partial charge in [0.1, 0.15) is 12.4 Å². The number of carboxylic acids is 1. The fourth-order valence-electron chi connectivity index (χ4n) is 3.55. The van der Waals surface area contributed by atoms with Crippen molar-refractivity contribution >= 4 is 46.4 Å². The summed E-state index contributed by atoms with van der Waals surface area (Å²) in [5.41, 5.74) is 3.82. The number of aliphatic imine (C=N–C) groups is 1. The summed E-state index contributed by atoms with van der Waals surface area (Å²) in [7, 11) is 1.64. The van der Waals surface area contributed by atoms with E-state index in [1.807, 2.05) is 24.3 Å². The van der Waals surface area contributed by atoms with Gasteiger partial charge in [-0.05, 0) is 76.8 Å². The Morgan fingerprint density at radius 1 is 1.00 bits per heavy atom. The lowest BCUT2D eigenvalue weighted by Gasteiger charge is -2.09. The average Bonchev–Trinajstić information content (AvgIpc) is 3.16. The Morgan fingerprint density at radius 2 is 1.65 bits per heavy atom. The van der Waals surface area contributed by atoms with Crippen LogP contribution in [0.25, 0.3) is 6.08 Å². The van der Waals surface area contributed by atoms with E-state index in [1.54, 1.807) is 25.3 Å². The van der Waals surface area contributed by atoms with Crippen molar-refractivity contribution in [1.29, 1.82) is 0 Å². The first kappa shape index (κ1) is 25.9. The second-order valence-electron chi connectivity index (χ2n) is 8.80. The number of hydrogen-bond acceptors (Lipinski definition) is 6. The number of rotatable bonds is 8. The first-order valence-corrected chi connectivity index (χ1v) is 12.5. The summed E-state index contributed by atoms with van der Waals surface area (Å²) in [6, 6.07) is 21.8. The van der Waals surface area contributed by atoms with Crippen LogP contribution < -0.4 is 4.74 Å². The minimum atomic E-state index is -1.51. The molecule has 37 heavy (non-hydrogen) atoms. The Hall–Kier alpha value is -4.17. The molecule has 1 aliphatic rings. The third-order valence-corrected chi connectivity index (χ3v) is 6.84. The van der Waals surface area contributed by atoms with Gasteiger partial charge in [0.15, 0.2) is 5.17 Å². The van der Waals surface area contributed by atoms with Crippen LogP contribution >= 0.6 is 11.8 Å². The van der Waals surface area contributed by atoms with Crippen molar-refractivity contribution in [2.24, 2.45) is 4.99 Å². The zero-order valence-electron chi connectivity index (χ0n) is 20.7. The molecule has 8 heteroatoms. The van der Waals surface area contributed by atoms with Crippen LogP contribution in [0.4, 0.5) is 5.69 Å². The van der Waals surface area contributed by atoms with Gasteiger partial charge in [0.25, 0.3) is 11.7 Å². The fourth-order valence-corrected chi connectivity index (χ4v) is 4.54. The summed E-state index contributed by atoms with van der Waals surface area (Å²) in [5.74, 6) is -1.44. The van der Waals surface area contributed by atoms with E-state index >= 15 is 0 Å². The highest BCUT2D eigenvalue weighted by atomic mass is 32.2. The fraction of sp³-hybridized carbons (Fsp3) is 0.172. The molecule has 0 radical (unpaired) electrons. The molecule has 188 valence electrons. The molecule has 4 rings (SSSR count). The summed E-state index contributed by atoms with van der Waals surface area (Å²) in [6.07, 6.45) is 1.80. The minimum Gasteiger partial charge on any atom is -0.489 e. The Kier molecular flexibility index (Phi) is 7.89. The molecule has 0 aromatic heterocycles.